The van der Waals surface area contributed by atoms with Crippen LogP contribution in [0.25, 0.3) is 0 Å². The smallest absolute Gasteiger partial charge is 0.436 e. The monoisotopic (exact) mass is 739 g/mol. The zero-order chi connectivity index (χ0) is 25.9. The number of aromatic nitrogens is 2. The molecule has 0 saturated carbocycles. The average molecular weight is 740 g/mol. The largest absolute Gasteiger partial charge is 0.496 e. The number of esters is 1. The molecule has 6 nitrogen and oxygen atoms in total. The topological polar surface area (TPSA) is 56.6 Å². The normalized spacial score (nSPS) is 15.9. The lowest BCUT2D eigenvalue weighted by atomic mass is 9.90. The number of halogens is 6. The first-order valence-corrected chi connectivity index (χ1v) is 14.5. The first kappa shape index (κ1) is 28.6. The van der Waals surface area contributed by atoms with Crippen molar-refractivity contribution in [2.24, 2.45) is 5.92 Å². The van der Waals surface area contributed by atoms with Crippen LogP contribution in [0.4, 0.5) is 18.9 Å². The third-order valence-corrected chi connectivity index (χ3v) is 8.34. The summed E-state index contributed by atoms with van der Waals surface area (Å²) in [5.74, 6) is 0.357. The van der Waals surface area contributed by atoms with Crippen LogP contribution in [0.15, 0.2) is 12.1 Å². The highest BCUT2D eigenvalue weighted by Crippen LogP contribution is 2.37. The summed E-state index contributed by atoms with van der Waals surface area (Å²) in [5.41, 5.74) is 2.58. The van der Waals surface area contributed by atoms with Gasteiger partial charge in [0.15, 0.2) is 5.69 Å². The van der Waals surface area contributed by atoms with Gasteiger partial charge < -0.3 is 14.4 Å². The number of ether oxygens (including phenoxy) is 2. The van der Waals surface area contributed by atoms with E-state index < -0.39 is 29.0 Å². The molecule has 1 aliphatic heterocycles. The van der Waals surface area contributed by atoms with E-state index in [4.69, 9.17) is 21.1 Å². The third-order valence-electron chi connectivity index (χ3n) is 6.25. The third kappa shape index (κ3) is 6.68. The molecule has 0 bridgehead atoms. The SMILES string of the molecule is COc1cc(N2CCC(C(Cn3nc(C(F)(F)F)c(Cl)c3C)OC(C)=O)CC2)c(CI)cc1CI. The Kier molecular flexibility index (Phi) is 9.85. The molecule has 1 aromatic carbocycles. The summed E-state index contributed by atoms with van der Waals surface area (Å²) < 4.78 is 53.8. The molecule has 1 unspecified atom stereocenters. The Labute approximate surface area is 235 Å². The van der Waals surface area contributed by atoms with E-state index in [9.17, 15) is 18.0 Å². The summed E-state index contributed by atoms with van der Waals surface area (Å²) in [7, 11) is 1.67. The van der Waals surface area contributed by atoms with E-state index in [2.05, 4.69) is 67.3 Å². The average Bonchev–Trinajstić information content (AvgIpc) is 3.11. The van der Waals surface area contributed by atoms with Crippen LogP contribution >= 0.6 is 56.8 Å². The Bertz CT molecular complexity index is 1060. The number of alkyl halides is 5. The Hall–Kier alpha value is -0.960. The summed E-state index contributed by atoms with van der Waals surface area (Å²) in [6.45, 7) is 4.26. The highest BCUT2D eigenvalue weighted by atomic mass is 127. The molecule has 1 atom stereocenters. The molecule has 1 aromatic heterocycles. The first-order chi connectivity index (χ1) is 16.5. The number of hydrogen-bond donors (Lipinski definition) is 0. The molecule has 2 heterocycles. The van der Waals surface area contributed by atoms with Crippen LogP contribution in [0.3, 0.4) is 0 Å². The molecule has 3 rings (SSSR count). The molecule has 0 amide bonds. The molecule has 2 aromatic rings. The van der Waals surface area contributed by atoms with E-state index >= 15 is 0 Å². The van der Waals surface area contributed by atoms with Gasteiger partial charge in [0, 0.05) is 52.1 Å². The van der Waals surface area contributed by atoms with Gasteiger partial charge in [0.2, 0.25) is 0 Å². The summed E-state index contributed by atoms with van der Waals surface area (Å²) in [5, 5.41) is 3.26. The number of hydrogen-bond acceptors (Lipinski definition) is 5. The van der Waals surface area contributed by atoms with Crippen molar-refractivity contribution in [3.63, 3.8) is 0 Å². The van der Waals surface area contributed by atoms with Gasteiger partial charge in [0.1, 0.15) is 11.9 Å². The van der Waals surface area contributed by atoms with Crippen molar-refractivity contribution in [1.82, 2.24) is 9.78 Å². The molecule has 35 heavy (non-hydrogen) atoms. The van der Waals surface area contributed by atoms with Crippen molar-refractivity contribution in [2.45, 2.75) is 54.4 Å². The molecule has 0 spiro atoms. The maximum absolute atomic E-state index is 13.3. The standard InChI is InChI=1S/C23H27ClF3I2N3O3/c1-13-21(24)22(23(25,26)27)30-32(13)12-20(35-14(2)33)15-4-6-31(7-5-15)18-9-19(34-3)17(11-29)8-16(18)10-28/h8-9,15,20H,4-7,10-12H2,1-3H3. The Morgan fingerprint density at radius 3 is 2.34 bits per heavy atom. The Morgan fingerprint density at radius 2 is 1.86 bits per heavy atom. The number of nitrogens with zero attached hydrogens (tertiary/aromatic N) is 3. The highest BCUT2D eigenvalue weighted by molar-refractivity contribution is 14.1. The van der Waals surface area contributed by atoms with E-state index in [1.165, 1.54) is 24.1 Å². The summed E-state index contributed by atoms with van der Waals surface area (Å²) in [6.07, 6.45) is -3.82. The van der Waals surface area contributed by atoms with Crippen molar-refractivity contribution in [2.75, 3.05) is 25.1 Å². The summed E-state index contributed by atoms with van der Waals surface area (Å²) in [4.78, 5) is 14.1. The second-order valence-electron chi connectivity index (χ2n) is 8.46. The van der Waals surface area contributed by atoms with Crippen molar-refractivity contribution in [3.8, 4) is 5.75 Å². The molecule has 1 fully saturated rings. The zero-order valence-electron chi connectivity index (χ0n) is 19.6. The van der Waals surface area contributed by atoms with E-state index in [1.807, 2.05) is 0 Å². The van der Waals surface area contributed by atoms with Gasteiger partial charge in [-0.2, -0.15) is 18.3 Å². The Morgan fingerprint density at radius 1 is 1.23 bits per heavy atom. The lowest BCUT2D eigenvalue weighted by molar-refractivity contribution is -0.151. The number of benzene rings is 1. The van der Waals surface area contributed by atoms with Crippen molar-refractivity contribution in [1.29, 1.82) is 0 Å². The number of anilines is 1. The van der Waals surface area contributed by atoms with Gasteiger partial charge in [0.25, 0.3) is 0 Å². The van der Waals surface area contributed by atoms with Crippen LogP contribution in [0.2, 0.25) is 5.02 Å². The van der Waals surface area contributed by atoms with Crippen molar-refractivity contribution >= 4 is 68.4 Å². The number of piperidine rings is 1. The second kappa shape index (κ2) is 12.1. The lowest BCUT2D eigenvalue weighted by Crippen LogP contribution is -2.41. The van der Waals surface area contributed by atoms with Gasteiger partial charge in [-0.15, -0.1) is 0 Å². The predicted octanol–water partition coefficient (Wildman–Crippen LogP) is 6.59. The maximum Gasteiger partial charge on any atom is 0.436 e. The Balaban J connectivity index is 1.79. The maximum atomic E-state index is 13.3. The fourth-order valence-electron chi connectivity index (χ4n) is 4.42. The molecule has 1 aliphatic rings. The van der Waals surface area contributed by atoms with Crippen LogP contribution < -0.4 is 9.64 Å². The molecule has 0 aliphatic carbocycles. The first-order valence-electron chi connectivity index (χ1n) is 11.0. The number of carbonyl (C=O) groups is 1. The summed E-state index contributed by atoms with van der Waals surface area (Å²) in [6, 6.07) is 4.27. The van der Waals surface area contributed by atoms with E-state index in [0.29, 0.717) is 0 Å². The number of rotatable bonds is 8. The van der Waals surface area contributed by atoms with Gasteiger partial charge in [-0.25, -0.2) is 0 Å². The van der Waals surface area contributed by atoms with Crippen LogP contribution in [0.5, 0.6) is 5.75 Å². The van der Waals surface area contributed by atoms with Gasteiger partial charge in [-0.3, -0.25) is 9.48 Å². The molecule has 1 saturated heterocycles. The fourth-order valence-corrected chi connectivity index (χ4v) is 5.87. The van der Waals surface area contributed by atoms with Crippen molar-refractivity contribution < 1.29 is 27.4 Å². The minimum atomic E-state index is -4.65. The van der Waals surface area contributed by atoms with Gasteiger partial charge in [0.05, 0.1) is 24.4 Å². The minimum Gasteiger partial charge on any atom is -0.496 e. The van der Waals surface area contributed by atoms with Crippen LogP contribution in [-0.4, -0.2) is 42.1 Å². The lowest BCUT2D eigenvalue weighted by Gasteiger charge is -2.38. The fraction of sp³-hybridized carbons (Fsp3) is 0.565. The molecule has 194 valence electrons. The predicted molar refractivity (Wildman–Crippen MR) is 146 cm³/mol. The van der Waals surface area contributed by atoms with E-state index in [0.717, 1.165) is 51.8 Å². The molecule has 0 radical (unpaired) electrons. The number of methoxy groups -OCH3 is 1. The van der Waals surface area contributed by atoms with E-state index in [-0.39, 0.29) is 18.2 Å². The van der Waals surface area contributed by atoms with Crippen LogP contribution in [0, 0.1) is 12.8 Å². The quantitative estimate of drug-likeness (QED) is 0.174. The van der Waals surface area contributed by atoms with Gasteiger partial charge in [-0.1, -0.05) is 56.8 Å². The molecule has 0 N–H and O–H groups in total. The van der Waals surface area contributed by atoms with E-state index in [1.54, 1.807) is 7.11 Å². The molecular formula is C23H27ClF3I2N3O3. The van der Waals surface area contributed by atoms with Crippen LogP contribution in [0.1, 0.15) is 42.3 Å². The molecular weight excluding hydrogens is 713 g/mol. The minimum absolute atomic E-state index is 0.0169. The zero-order valence-corrected chi connectivity index (χ0v) is 24.7. The summed E-state index contributed by atoms with van der Waals surface area (Å²) >= 11 is 10.6. The van der Waals surface area contributed by atoms with Gasteiger partial charge in [-0.05, 0) is 31.4 Å². The second-order valence-corrected chi connectivity index (χ2v) is 10.4. The van der Waals surface area contributed by atoms with Gasteiger partial charge >= 0.3 is 12.1 Å². The molecule has 12 heteroatoms. The highest BCUT2D eigenvalue weighted by Gasteiger charge is 2.39. The number of carbonyl (C=O) groups excluding carboxylic acids is 1. The van der Waals surface area contributed by atoms with Crippen LogP contribution in [-0.2, 0) is 31.1 Å². The van der Waals surface area contributed by atoms with Crippen molar-refractivity contribution in [3.05, 3.63) is 39.7 Å².